The summed E-state index contributed by atoms with van der Waals surface area (Å²) in [5.74, 6) is -0.214. The minimum atomic E-state index is -2.57. The van der Waals surface area contributed by atoms with E-state index in [0.29, 0.717) is 5.69 Å². The van der Waals surface area contributed by atoms with Gasteiger partial charge in [-0.2, -0.15) is 0 Å². The zero-order chi connectivity index (χ0) is 12.4. The molecule has 2 N–H and O–H groups in total. The van der Waals surface area contributed by atoms with Crippen LogP contribution in [0.1, 0.15) is 30.8 Å². The van der Waals surface area contributed by atoms with Gasteiger partial charge < -0.3 is 10.3 Å². The van der Waals surface area contributed by atoms with Crippen molar-refractivity contribution in [2.24, 2.45) is 0 Å². The lowest BCUT2D eigenvalue weighted by atomic mass is 10.1. The summed E-state index contributed by atoms with van der Waals surface area (Å²) in [6.45, 7) is 1.85. The Morgan fingerprint density at radius 2 is 1.88 bits per heavy atom. The molecule has 90 valence electrons. The molecule has 0 bridgehead atoms. The van der Waals surface area contributed by atoms with Crippen LogP contribution in [0.15, 0.2) is 36.7 Å². The third-order valence-corrected chi connectivity index (χ3v) is 2.73. The molecule has 1 aromatic carbocycles. The van der Waals surface area contributed by atoms with Crippen LogP contribution in [0.25, 0.3) is 0 Å². The van der Waals surface area contributed by atoms with E-state index in [1.165, 1.54) is 10.8 Å². The molecule has 1 heterocycles. The Balaban J connectivity index is 2.33. The van der Waals surface area contributed by atoms with Gasteiger partial charge in [-0.1, -0.05) is 12.1 Å². The van der Waals surface area contributed by atoms with E-state index in [0.717, 1.165) is 5.56 Å². The summed E-state index contributed by atoms with van der Waals surface area (Å²) in [5.41, 5.74) is 7.15. The molecule has 0 saturated heterocycles. The second-order valence-electron chi connectivity index (χ2n) is 3.84. The fraction of sp³-hybridized carbons (Fsp3) is 0.250. The Hall–Kier alpha value is -1.91. The Kier molecular flexibility index (Phi) is 3.08. The van der Waals surface area contributed by atoms with Gasteiger partial charge in [0.05, 0.1) is 6.04 Å². The first-order valence-electron chi connectivity index (χ1n) is 5.26. The number of rotatable bonds is 3. The molecule has 0 aliphatic rings. The number of imidazole rings is 1. The Morgan fingerprint density at radius 3 is 2.47 bits per heavy atom. The van der Waals surface area contributed by atoms with E-state index in [1.54, 1.807) is 18.3 Å². The molecule has 2 aromatic rings. The van der Waals surface area contributed by atoms with Crippen molar-refractivity contribution in [3.63, 3.8) is 0 Å². The predicted molar refractivity (Wildman–Crippen MR) is 61.9 cm³/mol. The molecule has 0 spiro atoms. The summed E-state index contributed by atoms with van der Waals surface area (Å²) in [7, 11) is 0. The summed E-state index contributed by atoms with van der Waals surface area (Å²) < 4.78 is 26.9. The lowest BCUT2D eigenvalue weighted by molar-refractivity contribution is 0.134. The molecule has 0 fully saturated rings. The summed E-state index contributed by atoms with van der Waals surface area (Å²) >= 11 is 0. The average Bonchev–Trinajstić information content (AvgIpc) is 2.78. The quantitative estimate of drug-likeness (QED) is 0.834. The van der Waals surface area contributed by atoms with Crippen LogP contribution < -0.4 is 5.73 Å². The SMILES string of the molecule is CC(c1ccc(N)cc1)n1ccnc1C(F)F. The molecule has 17 heavy (non-hydrogen) atoms. The minimum absolute atomic E-state index is 0.193. The minimum Gasteiger partial charge on any atom is -0.399 e. The maximum atomic E-state index is 12.7. The normalized spacial score (nSPS) is 12.9. The van der Waals surface area contributed by atoms with Gasteiger partial charge in [0.15, 0.2) is 5.82 Å². The molecule has 0 amide bonds. The van der Waals surface area contributed by atoms with Crippen LogP contribution in [0.3, 0.4) is 0 Å². The molecule has 0 aliphatic heterocycles. The van der Waals surface area contributed by atoms with E-state index in [9.17, 15) is 8.78 Å². The highest BCUT2D eigenvalue weighted by atomic mass is 19.3. The van der Waals surface area contributed by atoms with Gasteiger partial charge in [0.1, 0.15) is 0 Å². The van der Waals surface area contributed by atoms with Crippen molar-refractivity contribution in [1.29, 1.82) is 0 Å². The van der Waals surface area contributed by atoms with Crippen LogP contribution in [-0.2, 0) is 0 Å². The number of halogens is 2. The fourth-order valence-electron chi connectivity index (χ4n) is 1.76. The third-order valence-electron chi connectivity index (χ3n) is 2.73. The Labute approximate surface area is 97.9 Å². The van der Waals surface area contributed by atoms with E-state index in [1.807, 2.05) is 19.1 Å². The predicted octanol–water partition coefficient (Wildman–Crippen LogP) is 3.01. The Morgan fingerprint density at radius 1 is 1.24 bits per heavy atom. The third kappa shape index (κ3) is 2.27. The van der Waals surface area contributed by atoms with Crippen LogP contribution in [0.4, 0.5) is 14.5 Å². The van der Waals surface area contributed by atoms with Gasteiger partial charge in [-0.3, -0.25) is 0 Å². The number of hydrogen-bond donors (Lipinski definition) is 1. The number of benzene rings is 1. The summed E-state index contributed by atoms with van der Waals surface area (Å²) in [5, 5.41) is 0. The number of nitrogens with zero attached hydrogens (tertiary/aromatic N) is 2. The highest BCUT2D eigenvalue weighted by Gasteiger charge is 2.18. The van der Waals surface area contributed by atoms with Gasteiger partial charge in [-0.05, 0) is 24.6 Å². The van der Waals surface area contributed by atoms with Gasteiger partial charge in [0, 0.05) is 18.1 Å². The highest BCUT2D eigenvalue weighted by Crippen LogP contribution is 2.25. The van der Waals surface area contributed by atoms with Gasteiger partial charge in [-0.25, -0.2) is 13.8 Å². The molecule has 1 atom stereocenters. The largest absolute Gasteiger partial charge is 0.399 e. The molecular formula is C12H13F2N3. The fourth-order valence-corrected chi connectivity index (χ4v) is 1.76. The van der Waals surface area contributed by atoms with Crippen molar-refractivity contribution < 1.29 is 8.78 Å². The van der Waals surface area contributed by atoms with Crippen molar-refractivity contribution in [1.82, 2.24) is 9.55 Å². The van der Waals surface area contributed by atoms with Gasteiger partial charge >= 0.3 is 0 Å². The van der Waals surface area contributed by atoms with Gasteiger partial charge in [0.25, 0.3) is 6.43 Å². The van der Waals surface area contributed by atoms with Crippen molar-refractivity contribution in [3.8, 4) is 0 Å². The standard InChI is InChI=1S/C12H13F2N3/c1-8(9-2-4-10(15)5-3-9)17-7-6-16-12(17)11(13)14/h2-8,11H,15H2,1H3. The maximum Gasteiger partial charge on any atom is 0.295 e. The molecule has 3 nitrogen and oxygen atoms in total. The van der Waals surface area contributed by atoms with Gasteiger partial charge in [0.2, 0.25) is 0 Å². The summed E-state index contributed by atoms with van der Waals surface area (Å²) in [6.07, 6.45) is 0.374. The molecule has 5 heteroatoms. The molecule has 0 radical (unpaired) electrons. The smallest absolute Gasteiger partial charge is 0.295 e. The monoisotopic (exact) mass is 237 g/mol. The van der Waals surface area contributed by atoms with Crippen LogP contribution in [0, 0.1) is 0 Å². The first-order chi connectivity index (χ1) is 8.09. The lowest BCUT2D eigenvalue weighted by Crippen LogP contribution is -2.10. The van der Waals surface area contributed by atoms with E-state index < -0.39 is 6.43 Å². The summed E-state index contributed by atoms with van der Waals surface area (Å²) in [4.78, 5) is 3.67. The number of anilines is 1. The average molecular weight is 237 g/mol. The molecule has 1 aromatic heterocycles. The van der Waals surface area contributed by atoms with Crippen LogP contribution >= 0.6 is 0 Å². The Bertz CT molecular complexity index is 491. The van der Waals surface area contributed by atoms with E-state index in [-0.39, 0.29) is 11.9 Å². The van der Waals surface area contributed by atoms with E-state index >= 15 is 0 Å². The number of aromatic nitrogens is 2. The molecular weight excluding hydrogens is 224 g/mol. The summed E-state index contributed by atoms with van der Waals surface area (Å²) in [6, 6.07) is 6.97. The van der Waals surface area contributed by atoms with Crippen LogP contribution in [-0.4, -0.2) is 9.55 Å². The van der Waals surface area contributed by atoms with Crippen molar-refractivity contribution in [2.45, 2.75) is 19.4 Å². The molecule has 1 unspecified atom stereocenters. The van der Waals surface area contributed by atoms with Crippen molar-refractivity contribution in [3.05, 3.63) is 48.0 Å². The zero-order valence-corrected chi connectivity index (χ0v) is 9.35. The topological polar surface area (TPSA) is 43.8 Å². The molecule has 2 rings (SSSR count). The lowest BCUT2D eigenvalue weighted by Gasteiger charge is -2.16. The van der Waals surface area contributed by atoms with Crippen molar-refractivity contribution in [2.75, 3.05) is 5.73 Å². The number of hydrogen-bond acceptors (Lipinski definition) is 2. The maximum absolute atomic E-state index is 12.7. The first-order valence-corrected chi connectivity index (χ1v) is 5.26. The van der Waals surface area contributed by atoms with Crippen molar-refractivity contribution >= 4 is 5.69 Å². The highest BCUT2D eigenvalue weighted by molar-refractivity contribution is 5.40. The van der Waals surface area contributed by atoms with E-state index in [4.69, 9.17) is 5.73 Å². The second-order valence-corrected chi connectivity index (χ2v) is 3.84. The van der Waals surface area contributed by atoms with Crippen LogP contribution in [0.5, 0.6) is 0 Å². The molecule has 0 aliphatic carbocycles. The number of nitrogen functional groups attached to an aromatic ring is 1. The zero-order valence-electron chi connectivity index (χ0n) is 9.35. The van der Waals surface area contributed by atoms with E-state index in [2.05, 4.69) is 4.98 Å². The van der Waals surface area contributed by atoms with Gasteiger partial charge in [-0.15, -0.1) is 0 Å². The number of alkyl halides is 2. The second kappa shape index (κ2) is 4.53. The number of nitrogens with two attached hydrogens (primary N) is 1. The first kappa shape index (κ1) is 11.6. The van der Waals surface area contributed by atoms with Crippen LogP contribution in [0.2, 0.25) is 0 Å². The molecule has 0 saturated carbocycles.